The van der Waals surface area contributed by atoms with Crippen molar-refractivity contribution in [2.24, 2.45) is 0 Å². The lowest BCUT2D eigenvalue weighted by atomic mass is 9.96. The number of nitrogens with zero attached hydrogens (tertiary/aromatic N) is 4. The van der Waals surface area contributed by atoms with Gasteiger partial charge in [0.2, 0.25) is 0 Å². The highest BCUT2D eigenvalue weighted by Crippen LogP contribution is 2.22. The molecular formula is C19H28N4O3. The van der Waals surface area contributed by atoms with Crippen LogP contribution >= 0.6 is 0 Å². The smallest absolute Gasteiger partial charge is 0.255 e. The Morgan fingerprint density at radius 2 is 2.12 bits per heavy atom. The lowest BCUT2D eigenvalue weighted by molar-refractivity contribution is -0.0725. The molecule has 0 saturated carbocycles. The van der Waals surface area contributed by atoms with Crippen molar-refractivity contribution in [2.45, 2.75) is 52.2 Å². The molecule has 2 aromatic heterocycles. The summed E-state index contributed by atoms with van der Waals surface area (Å²) in [7, 11) is 0. The highest BCUT2D eigenvalue weighted by molar-refractivity contribution is 5.94. The van der Waals surface area contributed by atoms with E-state index in [9.17, 15) is 4.79 Å². The van der Waals surface area contributed by atoms with Gasteiger partial charge >= 0.3 is 0 Å². The molecule has 1 fully saturated rings. The number of aromatic nitrogens is 3. The van der Waals surface area contributed by atoms with Gasteiger partial charge in [0.25, 0.3) is 5.91 Å². The summed E-state index contributed by atoms with van der Waals surface area (Å²) in [6, 6.07) is 3.66. The monoisotopic (exact) mass is 360 g/mol. The Labute approximate surface area is 154 Å². The zero-order valence-electron chi connectivity index (χ0n) is 16.2. The van der Waals surface area contributed by atoms with Gasteiger partial charge in [0.1, 0.15) is 5.82 Å². The second-order valence-electron chi connectivity index (χ2n) is 8.05. The average Bonchev–Trinajstić information content (AvgIpc) is 3.03. The number of carbonyl (C=O) groups excluding carboxylic acids is 1. The number of amides is 1. The summed E-state index contributed by atoms with van der Waals surface area (Å²) in [4.78, 5) is 14.8. The summed E-state index contributed by atoms with van der Waals surface area (Å²) in [5.41, 5.74) is 1.23. The maximum atomic E-state index is 13.0. The largest absolute Gasteiger partial charge is 0.376 e. The number of ether oxygens (including phenoxy) is 2. The third kappa shape index (κ3) is 4.04. The van der Waals surface area contributed by atoms with Crippen LogP contribution in [0.2, 0.25) is 0 Å². The molecule has 142 valence electrons. The quantitative estimate of drug-likeness (QED) is 0.837. The van der Waals surface area contributed by atoms with Crippen molar-refractivity contribution in [3.05, 3.63) is 29.7 Å². The van der Waals surface area contributed by atoms with E-state index in [-0.39, 0.29) is 23.5 Å². The zero-order chi connectivity index (χ0) is 18.9. The van der Waals surface area contributed by atoms with Crippen molar-refractivity contribution in [1.29, 1.82) is 0 Å². The predicted octanol–water partition coefficient (Wildman–Crippen LogP) is 2.29. The minimum atomic E-state index is -0.153. The van der Waals surface area contributed by atoms with Crippen LogP contribution in [0.15, 0.2) is 18.3 Å². The van der Waals surface area contributed by atoms with Crippen LogP contribution in [0.5, 0.6) is 0 Å². The van der Waals surface area contributed by atoms with Crippen molar-refractivity contribution in [3.63, 3.8) is 0 Å². The maximum Gasteiger partial charge on any atom is 0.255 e. The van der Waals surface area contributed by atoms with Crippen LogP contribution < -0.4 is 0 Å². The van der Waals surface area contributed by atoms with Crippen LogP contribution in [0, 0.1) is 0 Å². The lowest BCUT2D eigenvalue weighted by Crippen LogP contribution is -2.47. The Bertz CT molecular complexity index is 779. The molecule has 2 aromatic rings. The molecule has 0 aliphatic carbocycles. The highest BCUT2D eigenvalue weighted by atomic mass is 16.5. The van der Waals surface area contributed by atoms with Crippen molar-refractivity contribution in [3.8, 4) is 0 Å². The molecule has 1 aliphatic rings. The standard InChI is InChI=1S/C19H28N4O3/c1-13(2)26-12-15-11-22(8-9-25-15)17(24)14-6-7-16-20-21-18(19(3,4)5)23(16)10-14/h6-7,10,13,15H,8-9,11-12H2,1-5H3. The van der Waals surface area contributed by atoms with Crippen molar-refractivity contribution in [2.75, 3.05) is 26.3 Å². The number of carbonyl (C=O) groups is 1. The van der Waals surface area contributed by atoms with Gasteiger partial charge in [-0.15, -0.1) is 10.2 Å². The lowest BCUT2D eigenvalue weighted by Gasteiger charge is -2.33. The Morgan fingerprint density at radius 1 is 1.35 bits per heavy atom. The molecule has 0 spiro atoms. The van der Waals surface area contributed by atoms with Gasteiger partial charge in [-0.3, -0.25) is 9.20 Å². The van der Waals surface area contributed by atoms with Gasteiger partial charge < -0.3 is 14.4 Å². The summed E-state index contributed by atoms with van der Waals surface area (Å²) in [6.45, 7) is 12.4. The Kier molecular flexibility index (Phi) is 5.29. The molecule has 0 radical (unpaired) electrons. The SMILES string of the molecule is CC(C)OCC1CN(C(=O)c2ccc3nnc(C(C)(C)C)n3c2)CCO1. The molecule has 7 nitrogen and oxygen atoms in total. The summed E-state index contributed by atoms with van der Waals surface area (Å²) >= 11 is 0. The van der Waals surface area contributed by atoms with Gasteiger partial charge in [0.15, 0.2) is 5.65 Å². The average molecular weight is 360 g/mol. The third-order valence-electron chi connectivity index (χ3n) is 4.36. The molecule has 0 N–H and O–H groups in total. The van der Waals surface area contributed by atoms with E-state index in [0.717, 1.165) is 11.5 Å². The summed E-state index contributed by atoms with van der Waals surface area (Å²) in [5.74, 6) is 0.839. The van der Waals surface area contributed by atoms with E-state index in [0.29, 0.717) is 31.9 Å². The normalized spacial score (nSPS) is 18.7. The molecule has 7 heteroatoms. The van der Waals surface area contributed by atoms with Crippen LogP contribution in [0.25, 0.3) is 5.65 Å². The van der Waals surface area contributed by atoms with E-state index in [4.69, 9.17) is 9.47 Å². The molecule has 1 atom stereocenters. The van der Waals surface area contributed by atoms with Crippen LogP contribution in [-0.4, -0.2) is 63.9 Å². The Morgan fingerprint density at radius 3 is 2.81 bits per heavy atom. The van der Waals surface area contributed by atoms with E-state index < -0.39 is 0 Å². The molecule has 26 heavy (non-hydrogen) atoms. The zero-order valence-corrected chi connectivity index (χ0v) is 16.2. The third-order valence-corrected chi connectivity index (χ3v) is 4.36. The van der Waals surface area contributed by atoms with E-state index in [2.05, 4.69) is 31.0 Å². The molecule has 1 saturated heterocycles. The van der Waals surface area contributed by atoms with Gasteiger partial charge in [0.05, 0.1) is 31.0 Å². The van der Waals surface area contributed by atoms with E-state index >= 15 is 0 Å². The molecule has 1 unspecified atom stereocenters. The van der Waals surface area contributed by atoms with Gasteiger partial charge in [-0.25, -0.2) is 0 Å². The fraction of sp³-hybridized carbons (Fsp3) is 0.632. The molecule has 1 aliphatic heterocycles. The molecule has 0 bridgehead atoms. The van der Waals surface area contributed by atoms with Crippen LogP contribution in [-0.2, 0) is 14.9 Å². The second kappa shape index (κ2) is 7.32. The van der Waals surface area contributed by atoms with E-state index in [1.807, 2.05) is 41.5 Å². The highest BCUT2D eigenvalue weighted by Gasteiger charge is 2.27. The number of rotatable bonds is 4. The first-order valence-corrected chi connectivity index (χ1v) is 9.13. The minimum absolute atomic E-state index is 0.00157. The molecule has 3 rings (SSSR count). The fourth-order valence-corrected chi connectivity index (χ4v) is 3.02. The van der Waals surface area contributed by atoms with E-state index in [1.54, 1.807) is 0 Å². The minimum Gasteiger partial charge on any atom is -0.376 e. The number of pyridine rings is 1. The first kappa shape index (κ1) is 18.8. The molecule has 0 aromatic carbocycles. The molecule has 1 amide bonds. The number of fused-ring (bicyclic) bond motifs is 1. The first-order valence-electron chi connectivity index (χ1n) is 9.13. The summed E-state index contributed by atoms with van der Waals surface area (Å²) in [5, 5.41) is 8.49. The Hall–Kier alpha value is -1.99. The van der Waals surface area contributed by atoms with Gasteiger partial charge in [-0.1, -0.05) is 20.8 Å². The van der Waals surface area contributed by atoms with Crippen LogP contribution in [0.4, 0.5) is 0 Å². The van der Waals surface area contributed by atoms with Gasteiger partial charge in [-0.2, -0.15) is 0 Å². The first-order chi connectivity index (χ1) is 12.3. The Balaban J connectivity index is 1.78. The second-order valence-corrected chi connectivity index (χ2v) is 8.05. The number of hydrogen-bond donors (Lipinski definition) is 0. The topological polar surface area (TPSA) is 69.0 Å². The fourth-order valence-electron chi connectivity index (χ4n) is 3.02. The maximum absolute atomic E-state index is 13.0. The van der Waals surface area contributed by atoms with E-state index in [1.165, 1.54) is 0 Å². The van der Waals surface area contributed by atoms with Crippen LogP contribution in [0.3, 0.4) is 0 Å². The summed E-state index contributed by atoms with van der Waals surface area (Å²) in [6.07, 6.45) is 1.91. The molecular weight excluding hydrogens is 332 g/mol. The molecule has 3 heterocycles. The number of hydrogen-bond acceptors (Lipinski definition) is 5. The van der Waals surface area contributed by atoms with Crippen molar-refractivity contribution < 1.29 is 14.3 Å². The summed E-state index contributed by atoms with van der Waals surface area (Å²) < 4.78 is 13.3. The van der Waals surface area contributed by atoms with Crippen molar-refractivity contribution in [1.82, 2.24) is 19.5 Å². The van der Waals surface area contributed by atoms with Crippen molar-refractivity contribution >= 4 is 11.6 Å². The van der Waals surface area contributed by atoms with Crippen LogP contribution in [0.1, 0.15) is 50.8 Å². The van der Waals surface area contributed by atoms with Gasteiger partial charge in [-0.05, 0) is 26.0 Å². The predicted molar refractivity (Wildman–Crippen MR) is 98.4 cm³/mol. The van der Waals surface area contributed by atoms with Gasteiger partial charge in [0, 0.05) is 24.7 Å². The number of morpholine rings is 1.